The maximum absolute atomic E-state index is 12.0. The van der Waals surface area contributed by atoms with Gasteiger partial charge in [-0.3, -0.25) is 9.59 Å². The molecular weight excluding hydrogens is 246 g/mol. The molecule has 1 fully saturated rings. The van der Waals surface area contributed by atoms with E-state index in [0.29, 0.717) is 24.2 Å². The normalized spacial score (nSPS) is 22.2. The first-order chi connectivity index (χ1) is 9.06. The SMILES string of the molecule is NC(=O)Cc1ccccc1NC(=O)C1CC(O)CN1. The Morgan fingerprint density at radius 2 is 2.16 bits per heavy atom. The van der Waals surface area contributed by atoms with Crippen LogP contribution in [-0.2, 0) is 16.0 Å². The van der Waals surface area contributed by atoms with Crippen molar-refractivity contribution >= 4 is 17.5 Å². The number of amides is 2. The van der Waals surface area contributed by atoms with E-state index in [-0.39, 0.29) is 12.3 Å². The van der Waals surface area contributed by atoms with E-state index in [2.05, 4.69) is 10.6 Å². The first-order valence-corrected chi connectivity index (χ1v) is 6.15. The maximum Gasteiger partial charge on any atom is 0.241 e. The molecule has 2 unspecified atom stereocenters. The number of nitrogens with one attached hydrogen (secondary N) is 2. The highest BCUT2D eigenvalue weighted by Crippen LogP contribution is 2.17. The van der Waals surface area contributed by atoms with Crippen LogP contribution >= 0.6 is 0 Å². The summed E-state index contributed by atoms with van der Waals surface area (Å²) in [5, 5.41) is 15.1. The van der Waals surface area contributed by atoms with E-state index in [0.717, 1.165) is 0 Å². The molecule has 0 bridgehead atoms. The van der Waals surface area contributed by atoms with Crippen molar-refractivity contribution < 1.29 is 14.7 Å². The number of rotatable bonds is 4. The second-order valence-corrected chi connectivity index (χ2v) is 4.64. The molecule has 6 nitrogen and oxygen atoms in total. The van der Waals surface area contributed by atoms with Crippen LogP contribution in [0.4, 0.5) is 5.69 Å². The molecule has 0 aromatic heterocycles. The summed E-state index contributed by atoms with van der Waals surface area (Å²) in [5.41, 5.74) is 6.43. The highest BCUT2D eigenvalue weighted by molar-refractivity contribution is 5.96. The van der Waals surface area contributed by atoms with E-state index >= 15 is 0 Å². The molecule has 0 spiro atoms. The predicted octanol–water partition coefficient (Wildman–Crippen LogP) is -0.624. The Balaban J connectivity index is 2.06. The van der Waals surface area contributed by atoms with Crippen molar-refractivity contribution in [3.8, 4) is 0 Å². The molecule has 1 heterocycles. The lowest BCUT2D eigenvalue weighted by atomic mass is 10.1. The average molecular weight is 263 g/mol. The lowest BCUT2D eigenvalue weighted by Gasteiger charge is -2.13. The number of carbonyl (C=O) groups is 2. The number of para-hydroxylation sites is 1. The van der Waals surface area contributed by atoms with Crippen LogP contribution in [0.25, 0.3) is 0 Å². The molecule has 19 heavy (non-hydrogen) atoms. The van der Waals surface area contributed by atoms with Gasteiger partial charge in [-0.1, -0.05) is 18.2 Å². The van der Waals surface area contributed by atoms with Gasteiger partial charge < -0.3 is 21.5 Å². The number of aliphatic hydroxyl groups is 1. The van der Waals surface area contributed by atoms with Gasteiger partial charge in [0, 0.05) is 12.2 Å². The Bertz CT molecular complexity index is 490. The van der Waals surface area contributed by atoms with Gasteiger partial charge in [-0.15, -0.1) is 0 Å². The predicted molar refractivity (Wildman–Crippen MR) is 70.4 cm³/mol. The first kappa shape index (κ1) is 13.5. The highest BCUT2D eigenvalue weighted by atomic mass is 16.3. The minimum absolute atomic E-state index is 0.0805. The minimum atomic E-state index is -0.489. The number of hydrogen-bond acceptors (Lipinski definition) is 4. The molecule has 1 aromatic rings. The molecule has 6 heteroatoms. The van der Waals surface area contributed by atoms with Crippen molar-refractivity contribution in [2.75, 3.05) is 11.9 Å². The van der Waals surface area contributed by atoms with E-state index in [4.69, 9.17) is 5.73 Å². The van der Waals surface area contributed by atoms with Crippen LogP contribution < -0.4 is 16.4 Å². The summed E-state index contributed by atoms with van der Waals surface area (Å²) in [6, 6.07) is 6.62. The molecule has 1 aliphatic rings. The monoisotopic (exact) mass is 263 g/mol. The summed E-state index contributed by atoms with van der Waals surface area (Å²) in [5.74, 6) is -0.662. The zero-order valence-electron chi connectivity index (χ0n) is 10.4. The average Bonchev–Trinajstić information content (AvgIpc) is 2.78. The van der Waals surface area contributed by atoms with E-state index in [9.17, 15) is 14.7 Å². The molecule has 102 valence electrons. The quantitative estimate of drug-likeness (QED) is 0.581. The van der Waals surface area contributed by atoms with Crippen molar-refractivity contribution in [3.63, 3.8) is 0 Å². The summed E-state index contributed by atoms with van der Waals surface area (Å²) < 4.78 is 0. The summed E-state index contributed by atoms with van der Waals surface area (Å²) in [6.45, 7) is 0.418. The van der Waals surface area contributed by atoms with Crippen molar-refractivity contribution in [2.45, 2.75) is 25.0 Å². The summed E-state index contributed by atoms with van der Waals surface area (Å²) in [4.78, 5) is 23.0. The Kier molecular flexibility index (Phi) is 4.13. The maximum atomic E-state index is 12.0. The Morgan fingerprint density at radius 1 is 1.42 bits per heavy atom. The number of anilines is 1. The molecule has 0 saturated carbocycles. The van der Waals surface area contributed by atoms with Gasteiger partial charge in [-0.05, 0) is 18.1 Å². The number of aliphatic hydroxyl groups excluding tert-OH is 1. The van der Waals surface area contributed by atoms with Crippen LogP contribution in [-0.4, -0.2) is 35.6 Å². The van der Waals surface area contributed by atoms with Gasteiger partial charge in [0.15, 0.2) is 0 Å². The molecule has 2 atom stereocenters. The molecule has 2 rings (SSSR count). The Hall–Kier alpha value is -1.92. The second kappa shape index (κ2) is 5.81. The molecule has 1 aliphatic heterocycles. The molecule has 5 N–H and O–H groups in total. The standard InChI is InChI=1S/C13H17N3O3/c14-12(18)5-8-3-1-2-4-10(8)16-13(19)11-6-9(17)7-15-11/h1-4,9,11,15,17H,5-7H2,(H2,14,18)(H,16,19). The van der Waals surface area contributed by atoms with Gasteiger partial charge in [0.25, 0.3) is 0 Å². The van der Waals surface area contributed by atoms with Gasteiger partial charge >= 0.3 is 0 Å². The van der Waals surface area contributed by atoms with Crippen molar-refractivity contribution in [3.05, 3.63) is 29.8 Å². The van der Waals surface area contributed by atoms with Crippen molar-refractivity contribution in [1.29, 1.82) is 0 Å². The Morgan fingerprint density at radius 3 is 2.79 bits per heavy atom. The summed E-state index contributed by atoms with van der Waals surface area (Å²) >= 11 is 0. The van der Waals surface area contributed by atoms with Crippen LogP contribution in [0.5, 0.6) is 0 Å². The van der Waals surface area contributed by atoms with Gasteiger partial charge in [0.05, 0.1) is 18.6 Å². The first-order valence-electron chi connectivity index (χ1n) is 6.15. The van der Waals surface area contributed by atoms with E-state index in [1.54, 1.807) is 24.3 Å². The number of carbonyl (C=O) groups excluding carboxylic acids is 2. The number of hydrogen-bond donors (Lipinski definition) is 4. The van der Waals surface area contributed by atoms with Gasteiger partial charge in [0.1, 0.15) is 0 Å². The van der Waals surface area contributed by atoms with Crippen molar-refractivity contribution in [2.24, 2.45) is 5.73 Å². The Labute approximate surface area is 111 Å². The fraction of sp³-hybridized carbons (Fsp3) is 0.385. The fourth-order valence-electron chi connectivity index (χ4n) is 2.12. The van der Waals surface area contributed by atoms with Crippen molar-refractivity contribution in [1.82, 2.24) is 5.32 Å². The fourth-order valence-corrected chi connectivity index (χ4v) is 2.12. The van der Waals surface area contributed by atoms with Crippen LogP contribution in [0.2, 0.25) is 0 Å². The summed E-state index contributed by atoms with van der Waals surface area (Å²) in [6.07, 6.45) is -0.0160. The van der Waals surface area contributed by atoms with Crippen LogP contribution in [0.1, 0.15) is 12.0 Å². The second-order valence-electron chi connectivity index (χ2n) is 4.64. The van der Waals surface area contributed by atoms with Crippen LogP contribution in [0.3, 0.4) is 0 Å². The highest BCUT2D eigenvalue weighted by Gasteiger charge is 2.28. The van der Waals surface area contributed by atoms with Gasteiger partial charge in [-0.25, -0.2) is 0 Å². The largest absolute Gasteiger partial charge is 0.392 e. The topological polar surface area (TPSA) is 104 Å². The van der Waals surface area contributed by atoms with Crippen LogP contribution in [0.15, 0.2) is 24.3 Å². The molecule has 0 aliphatic carbocycles. The number of β-amino-alcohol motifs (C(OH)–C–C–N with tert-alkyl or cyclic N) is 1. The summed E-state index contributed by atoms with van der Waals surface area (Å²) in [7, 11) is 0. The lowest BCUT2D eigenvalue weighted by molar-refractivity contribution is -0.118. The third-order valence-corrected chi connectivity index (χ3v) is 3.06. The molecule has 1 aromatic carbocycles. The lowest BCUT2D eigenvalue weighted by Crippen LogP contribution is -2.35. The third kappa shape index (κ3) is 3.52. The molecule has 1 saturated heterocycles. The zero-order valence-corrected chi connectivity index (χ0v) is 10.4. The smallest absolute Gasteiger partial charge is 0.241 e. The molecular formula is C13H17N3O3. The van der Waals surface area contributed by atoms with Gasteiger partial charge in [0.2, 0.25) is 11.8 Å². The molecule has 0 radical (unpaired) electrons. The third-order valence-electron chi connectivity index (χ3n) is 3.06. The zero-order chi connectivity index (χ0) is 13.8. The number of benzene rings is 1. The minimum Gasteiger partial charge on any atom is -0.392 e. The van der Waals surface area contributed by atoms with Gasteiger partial charge in [-0.2, -0.15) is 0 Å². The number of primary amides is 1. The van der Waals surface area contributed by atoms with E-state index in [1.165, 1.54) is 0 Å². The number of nitrogens with two attached hydrogens (primary N) is 1. The molecule has 2 amide bonds. The van der Waals surface area contributed by atoms with Crippen LogP contribution in [0, 0.1) is 0 Å². The van der Waals surface area contributed by atoms with E-state index < -0.39 is 18.1 Å². The van der Waals surface area contributed by atoms with E-state index in [1.807, 2.05) is 0 Å².